The van der Waals surface area contributed by atoms with Crippen molar-refractivity contribution in [2.75, 3.05) is 5.33 Å². The molecule has 0 aliphatic heterocycles. The number of carbonyl (C=O) groups is 1. The van der Waals surface area contributed by atoms with Crippen molar-refractivity contribution in [1.82, 2.24) is 0 Å². The second-order valence-corrected chi connectivity index (χ2v) is 3.32. The Hall–Kier alpha value is -0.110. The van der Waals surface area contributed by atoms with Gasteiger partial charge in [-0.2, -0.15) is 0 Å². The van der Waals surface area contributed by atoms with Gasteiger partial charge in [0.1, 0.15) is 5.78 Å². The van der Waals surface area contributed by atoms with Gasteiger partial charge in [0.2, 0.25) is 0 Å². The topological polar surface area (TPSA) is 17.1 Å². The van der Waals surface area contributed by atoms with Crippen LogP contribution in [0.1, 0.15) is 32.1 Å². The Morgan fingerprint density at radius 3 is 2.64 bits per heavy atom. The van der Waals surface area contributed by atoms with Crippen molar-refractivity contribution < 1.29 is 4.79 Å². The fourth-order valence-electron chi connectivity index (χ4n) is 0.856. The molecule has 0 unspecified atom stereocenters. The smallest absolute Gasteiger partial charge is 0.136 e. The Bertz CT molecular complexity index is 121. The highest BCUT2D eigenvalue weighted by Crippen LogP contribution is 2.03. The molecule has 0 radical (unpaired) electrons. The summed E-state index contributed by atoms with van der Waals surface area (Å²) in [5.74, 6) is 0.314. The molecule has 0 saturated carbocycles. The van der Waals surface area contributed by atoms with Crippen LogP contribution in [0.3, 0.4) is 0 Å². The number of Topliss-reactive ketones (excluding diaryl/α,β-unsaturated/α-hetero) is 1. The zero-order chi connectivity index (χ0) is 8.53. The maximum atomic E-state index is 10.9. The van der Waals surface area contributed by atoms with Gasteiger partial charge in [-0.3, -0.25) is 4.79 Å². The lowest BCUT2D eigenvalue weighted by atomic mass is 10.1. The number of allylic oxidation sites excluding steroid dienone is 1. The number of hydrogen-bond acceptors (Lipinski definition) is 1. The lowest BCUT2D eigenvalue weighted by molar-refractivity contribution is -0.118. The van der Waals surface area contributed by atoms with Gasteiger partial charge in [0.25, 0.3) is 0 Å². The normalized spacial score (nSPS) is 9.55. The van der Waals surface area contributed by atoms with E-state index in [0.717, 1.165) is 24.6 Å². The summed E-state index contributed by atoms with van der Waals surface area (Å²) in [4.78, 5) is 10.9. The predicted molar refractivity (Wildman–Crippen MR) is 52.1 cm³/mol. The summed E-state index contributed by atoms with van der Waals surface area (Å²) in [7, 11) is 0. The van der Waals surface area contributed by atoms with Crippen LogP contribution in [0.4, 0.5) is 0 Å². The molecule has 0 N–H and O–H groups in total. The van der Waals surface area contributed by atoms with E-state index in [1.54, 1.807) is 6.08 Å². The zero-order valence-corrected chi connectivity index (χ0v) is 8.40. The molecule has 0 amide bonds. The standard InChI is InChI=1S/C9H15BrO/c1-2-6-9(11)7-4-3-5-8-10/h2H,1,3-8H2. The highest BCUT2D eigenvalue weighted by Gasteiger charge is 1.97. The molecular formula is C9H15BrO. The monoisotopic (exact) mass is 218 g/mol. The minimum absolute atomic E-state index is 0.314. The van der Waals surface area contributed by atoms with Crippen molar-refractivity contribution in [3.63, 3.8) is 0 Å². The summed E-state index contributed by atoms with van der Waals surface area (Å²) < 4.78 is 0. The summed E-state index contributed by atoms with van der Waals surface area (Å²) in [5, 5.41) is 1.04. The summed E-state index contributed by atoms with van der Waals surface area (Å²) in [6, 6.07) is 0. The van der Waals surface area contributed by atoms with Crippen molar-refractivity contribution in [1.29, 1.82) is 0 Å². The van der Waals surface area contributed by atoms with Crippen LogP contribution in [0.2, 0.25) is 0 Å². The Morgan fingerprint density at radius 1 is 1.36 bits per heavy atom. The summed E-state index contributed by atoms with van der Waals surface area (Å²) in [6.07, 6.45) is 6.27. The highest BCUT2D eigenvalue weighted by molar-refractivity contribution is 9.09. The number of alkyl halides is 1. The van der Waals surface area contributed by atoms with E-state index in [1.807, 2.05) is 0 Å². The third-order valence-corrected chi connectivity index (χ3v) is 2.02. The summed E-state index contributed by atoms with van der Waals surface area (Å²) in [6.45, 7) is 3.52. The Morgan fingerprint density at radius 2 is 2.09 bits per heavy atom. The van der Waals surface area contributed by atoms with Crippen molar-refractivity contribution >= 4 is 21.7 Å². The van der Waals surface area contributed by atoms with Gasteiger partial charge in [0.15, 0.2) is 0 Å². The molecule has 64 valence electrons. The minimum Gasteiger partial charge on any atom is -0.299 e. The number of unbranched alkanes of at least 4 members (excludes halogenated alkanes) is 2. The van der Waals surface area contributed by atoms with Gasteiger partial charge >= 0.3 is 0 Å². The average Bonchev–Trinajstić information content (AvgIpc) is 1.99. The largest absolute Gasteiger partial charge is 0.299 e. The number of hydrogen-bond donors (Lipinski definition) is 0. The van der Waals surface area contributed by atoms with Crippen molar-refractivity contribution in [2.45, 2.75) is 32.1 Å². The van der Waals surface area contributed by atoms with E-state index in [2.05, 4.69) is 22.5 Å². The van der Waals surface area contributed by atoms with Crippen LogP contribution in [0.5, 0.6) is 0 Å². The van der Waals surface area contributed by atoms with Gasteiger partial charge in [-0.05, 0) is 12.8 Å². The van der Waals surface area contributed by atoms with Gasteiger partial charge in [0.05, 0.1) is 0 Å². The Labute approximate surface area is 77.0 Å². The van der Waals surface area contributed by atoms with Crippen LogP contribution in [-0.4, -0.2) is 11.1 Å². The molecule has 0 rings (SSSR count). The zero-order valence-electron chi connectivity index (χ0n) is 6.81. The number of halogens is 1. The van der Waals surface area contributed by atoms with Crippen LogP contribution >= 0.6 is 15.9 Å². The van der Waals surface area contributed by atoms with Crippen LogP contribution in [-0.2, 0) is 4.79 Å². The van der Waals surface area contributed by atoms with Crippen molar-refractivity contribution in [2.24, 2.45) is 0 Å². The fourth-order valence-corrected chi connectivity index (χ4v) is 1.25. The molecule has 11 heavy (non-hydrogen) atoms. The lowest BCUT2D eigenvalue weighted by Gasteiger charge is -1.96. The minimum atomic E-state index is 0.314. The molecule has 0 saturated heterocycles. The Balaban J connectivity index is 3.10. The first kappa shape index (κ1) is 10.9. The van der Waals surface area contributed by atoms with E-state index in [0.29, 0.717) is 12.2 Å². The molecule has 0 aromatic carbocycles. The number of rotatable bonds is 7. The number of ketones is 1. The molecule has 0 heterocycles. The van der Waals surface area contributed by atoms with E-state index >= 15 is 0 Å². The molecular weight excluding hydrogens is 204 g/mol. The molecule has 0 fully saturated rings. The Kier molecular flexibility index (Phi) is 7.91. The molecule has 1 nitrogen and oxygen atoms in total. The van der Waals surface area contributed by atoms with Crippen molar-refractivity contribution in [3.8, 4) is 0 Å². The van der Waals surface area contributed by atoms with E-state index < -0.39 is 0 Å². The van der Waals surface area contributed by atoms with Gasteiger partial charge in [-0.1, -0.05) is 28.4 Å². The van der Waals surface area contributed by atoms with E-state index in [4.69, 9.17) is 0 Å². The van der Waals surface area contributed by atoms with Gasteiger partial charge in [0, 0.05) is 18.2 Å². The summed E-state index contributed by atoms with van der Waals surface area (Å²) >= 11 is 3.35. The highest BCUT2D eigenvalue weighted by atomic mass is 79.9. The lowest BCUT2D eigenvalue weighted by Crippen LogP contribution is -1.94. The molecule has 0 aliphatic rings. The first-order chi connectivity index (χ1) is 5.31. The van der Waals surface area contributed by atoms with E-state index in [-0.39, 0.29) is 0 Å². The third-order valence-electron chi connectivity index (χ3n) is 1.46. The van der Waals surface area contributed by atoms with Crippen molar-refractivity contribution in [3.05, 3.63) is 12.7 Å². The van der Waals surface area contributed by atoms with Gasteiger partial charge in [-0.25, -0.2) is 0 Å². The van der Waals surface area contributed by atoms with Crippen LogP contribution < -0.4 is 0 Å². The molecule has 0 aromatic rings. The quantitative estimate of drug-likeness (QED) is 0.365. The molecule has 0 aromatic heterocycles. The van der Waals surface area contributed by atoms with E-state index in [9.17, 15) is 4.79 Å². The SMILES string of the molecule is C=CCC(=O)CCCCCBr. The first-order valence-corrected chi connectivity index (χ1v) is 5.12. The van der Waals surface area contributed by atoms with E-state index in [1.165, 1.54) is 6.42 Å². The maximum Gasteiger partial charge on any atom is 0.136 e. The molecule has 0 atom stereocenters. The first-order valence-electron chi connectivity index (χ1n) is 3.99. The van der Waals surface area contributed by atoms with Gasteiger partial charge < -0.3 is 0 Å². The molecule has 2 heteroatoms. The third kappa shape index (κ3) is 7.79. The second-order valence-electron chi connectivity index (χ2n) is 2.53. The van der Waals surface area contributed by atoms with Crippen LogP contribution in [0.25, 0.3) is 0 Å². The second kappa shape index (κ2) is 7.99. The molecule has 0 bridgehead atoms. The average molecular weight is 219 g/mol. The number of carbonyl (C=O) groups excluding carboxylic acids is 1. The fraction of sp³-hybridized carbons (Fsp3) is 0.667. The predicted octanol–water partition coefficient (Wildman–Crippen LogP) is 3.09. The molecule has 0 spiro atoms. The maximum absolute atomic E-state index is 10.9. The van der Waals surface area contributed by atoms with Crippen LogP contribution in [0, 0.1) is 0 Å². The van der Waals surface area contributed by atoms with Gasteiger partial charge in [-0.15, -0.1) is 6.58 Å². The van der Waals surface area contributed by atoms with Crippen LogP contribution in [0.15, 0.2) is 12.7 Å². The molecule has 0 aliphatic carbocycles. The summed E-state index contributed by atoms with van der Waals surface area (Å²) in [5.41, 5.74) is 0.